The summed E-state index contributed by atoms with van der Waals surface area (Å²) >= 11 is 0. The molecular weight excluding hydrogens is 572 g/mol. The average molecular weight is 615 g/mol. The molecule has 1 aliphatic heterocycles. The van der Waals surface area contributed by atoms with Crippen molar-refractivity contribution >= 4 is 26.8 Å². The number of fused-ring (bicyclic) bond motifs is 1. The van der Waals surface area contributed by atoms with E-state index in [-0.39, 0.29) is 17.0 Å². The first-order valence-electron chi connectivity index (χ1n) is 15.3. The second-order valence-corrected chi connectivity index (χ2v) is 13.0. The Morgan fingerprint density at radius 3 is 2.34 bits per heavy atom. The lowest BCUT2D eigenvalue weighted by Crippen LogP contribution is -2.43. The highest BCUT2D eigenvalue weighted by Crippen LogP contribution is 2.24. The Kier molecular flexibility index (Phi) is 11.0. The van der Waals surface area contributed by atoms with Crippen LogP contribution in [0.15, 0.2) is 102 Å². The molecule has 0 saturated carbocycles. The number of amides is 2. The van der Waals surface area contributed by atoms with Crippen molar-refractivity contribution in [3.05, 3.63) is 114 Å². The first-order chi connectivity index (χ1) is 21.4. The third-order valence-electron chi connectivity index (χ3n) is 8.08. The molecule has 2 amide bonds. The summed E-state index contributed by atoms with van der Waals surface area (Å²) in [6.07, 6.45) is 1.44. The number of nitrogens with one attached hydrogen (secondary N) is 2. The quantitative estimate of drug-likeness (QED) is 0.212. The predicted octanol–water partition coefficient (Wildman–Crippen LogP) is 5.36. The zero-order valence-electron chi connectivity index (χ0n) is 25.3. The number of ether oxygens (including phenoxy) is 1. The van der Waals surface area contributed by atoms with Gasteiger partial charge in [-0.15, -0.1) is 0 Å². The van der Waals surface area contributed by atoms with Crippen LogP contribution < -0.4 is 10.0 Å². The summed E-state index contributed by atoms with van der Waals surface area (Å²) in [5.41, 5.74) is 3.15. The fourth-order valence-electron chi connectivity index (χ4n) is 5.59. The minimum Gasteiger partial charge on any atom is -0.379 e. The lowest BCUT2D eigenvalue weighted by molar-refractivity contribution is 0.0364. The molecule has 1 saturated heterocycles. The molecule has 0 radical (unpaired) electrons. The number of carbonyl (C=O) groups is 1. The van der Waals surface area contributed by atoms with Crippen LogP contribution in [0.5, 0.6) is 0 Å². The van der Waals surface area contributed by atoms with E-state index in [1.165, 1.54) is 0 Å². The maximum Gasteiger partial charge on any atom is 0.318 e. The van der Waals surface area contributed by atoms with Gasteiger partial charge < -0.3 is 15.0 Å². The third kappa shape index (κ3) is 8.66. The number of carbonyl (C=O) groups excluding carboxylic acids is 1. The second-order valence-electron chi connectivity index (χ2n) is 11.2. The molecule has 8 nitrogen and oxygen atoms in total. The van der Waals surface area contributed by atoms with Gasteiger partial charge in [0.05, 0.1) is 24.2 Å². The lowest BCUT2D eigenvalue weighted by Gasteiger charge is -2.29. The van der Waals surface area contributed by atoms with Gasteiger partial charge in [-0.25, -0.2) is 17.9 Å². The van der Waals surface area contributed by atoms with Crippen molar-refractivity contribution in [2.24, 2.45) is 0 Å². The fraction of sp³-hybridized carbons (Fsp3) is 0.343. The molecular formula is C35H42N4O4S. The third-order valence-corrected chi connectivity index (χ3v) is 9.56. The van der Waals surface area contributed by atoms with E-state index < -0.39 is 10.0 Å². The Bertz CT molecular complexity index is 1600. The minimum atomic E-state index is -3.54. The fourth-order valence-corrected chi connectivity index (χ4v) is 6.64. The molecule has 0 bridgehead atoms. The van der Waals surface area contributed by atoms with E-state index in [4.69, 9.17) is 4.74 Å². The molecule has 1 fully saturated rings. The molecule has 1 atom stereocenters. The summed E-state index contributed by atoms with van der Waals surface area (Å²) in [6.45, 7) is 7.74. The molecule has 0 aromatic heterocycles. The summed E-state index contributed by atoms with van der Waals surface area (Å²) in [6, 6.07) is 30.7. The lowest BCUT2D eigenvalue weighted by atomic mass is 10.00. The Balaban J connectivity index is 1.21. The monoisotopic (exact) mass is 614 g/mol. The van der Waals surface area contributed by atoms with E-state index in [1.54, 1.807) is 30.3 Å². The summed E-state index contributed by atoms with van der Waals surface area (Å²) < 4.78 is 33.2. The number of nitrogens with zero attached hydrogens (tertiary/aromatic N) is 2. The number of hydrogen-bond acceptors (Lipinski definition) is 5. The summed E-state index contributed by atoms with van der Waals surface area (Å²) in [5, 5.41) is 5.55. The number of sulfonamides is 1. The zero-order chi connectivity index (χ0) is 30.8. The van der Waals surface area contributed by atoms with Gasteiger partial charge in [0.25, 0.3) is 0 Å². The van der Waals surface area contributed by atoms with Gasteiger partial charge >= 0.3 is 6.03 Å². The van der Waals surface area contributed by atoms with E-state index in [2.05, 4.69) is 39.2 Å². The number of hydrogen-bond donors (Lipinski definition) is 2. The van der Waals surface area contributed by atoms with E-state index in [0.29, 0.717) is 26.1 Å². The number of rotatable bonds is 13. The summed E-state index contributed by atoms with van der Waals surface area (Å²) in [5.74, 6) is 0. The standard InChI is InChI=1S/C35H42N4O4S/c1-28(33-14-7-10-31-9-5-6-13-34(31)33)37-35(40)39(22-8-21-38-23-25-43-26-24-38)27-30-17-15-29(16-18-30)19-20-36-44(41,42)32-11-3-2-4-12-32/h2-7,9-18,28,36H,8,19-27H2,1H3,(H,37,40). The zero-order valence-corrected chi connectivity index (χ0v) is 26.1. The number of urea groups is 1. The topological polar surface area (TPSA) is 91.0 Å². The van der Waals surface area contributed by atoms with Gasteiger partial charge in [0.15, 0.2) is 0 Å². The summed E-state index contributed by atoms with van der Waals surface area (Å²) in [4.78, 5) is 18.2. The van der Waals surface area contributed by atoms with Crippen molar-refractivity contribution in [3.63, 3.8) is 0 Å². The molecule has 0 spiro atoms. The SMILES string of the molecule is CC(NC(=O)N(CCCN1CCOCC1)Cc1ccc(CCNS(=O)(=O)c2ccccc2)cc1)c1cccc2ccccc12. The maximum atomic E-state index is 13.7. The predicted molar refractivity (Wildman–Crippen MR) is 175 cm³/mol. The van der Waals surface area contributed by atoms with Crippen LogP contribution in [0.25, 0.3) is 10.8 Å². The van der Waals surface area contributed by atoms with Crippen LogP contribution in [0.3, 0.4) is 0 Å². The normalized spacial score (nSPS) is 14.8. The van der Waals surface area contributed by atoms with Crippen LogP contribution in [0.4, 0.5) is 4.79 Å². The smallest absolute Gasteiger partial charge is 0.318 e. The Hall–Kier alpha value is -3.76. The highest BCUT2D eigenvalue weighted by Gasteiger charge is 2.19. The van der Waals surface area contributed by atoms with Crippen LogP contribution in [-0.4, -0.2) is 70.2 Å². The van der Waals surface area contributed by atoms with E-state index in [1.807, 2.05) is 54.3 Å². The van der Waals surface area contributed by atoms with Crippen LogP contribution >= 0.6 is 0 Å². The molecule has 0 aliphatic carbocycles. The van der Waals surface area contributed by atoms with Gasteiger partial charge in [-0.1, -0.05) is 84.9 Å². The van der Waals surface area contributed by atoms with Crippen LogP contribution in [-0.2, 0) is 27.7 Å². The van der Waals surface area contributed by atoms with E-state index in [9.17, 15) is 13.2 Å². The van der Waals surface area contributed by atoms with Crippen molar-refractivity contribution in [3.8, 4) is 0 Å². The molecule has 1 unspecified atom stereocenters. The highest BCUT2D eigenvalue weighted by atomic mass is 32.2. The molecule has 1 aliphatic rings. The maximum absolute atomic E-state index is 13.7. The minimum absolute atomic E-state index is 0.0909. The summed E-state index contributed by atoms with van der Waals surface area (Å²) in [7, 11) is -3.54. The van der Waals surface area contributed by atoms with Gasteiger partial charge in [0, 0.05) is 39.3 Å². The van der Waals surface area contributed by atoms with Crippen molar-refractivity contribution in [1.82, 2.24) is 19.8 Å². The first kappa shape index (κ1) is 31.7. The molecule has 5 rings (SSSR count). The van der Waals surface area contributed by atoms with E-state index >= 15 is 0 Å². The van der Waals surface area contributed by atoms with Crippen molar-refractivity contribution in [2.45, 2.75) is 37.2 Å². The number of benzene rings is 4. The largest absolute Gasteiger partial charge is 0.379 e. The molecule has 9 heteroatoms. The van der Waals surface area contributed by atoms with Crippen LogP contribution in [0.1, 0.15) is 36.1 Å². The Morgan fingerprint density at radius 1 is 0.886 bits per heavy atom. The van der Waals surface area contributed by atoms with Crippen molar-refractivity contribution in [1.29, 1.82) is 0 Å². The van der Waals surface area contributed by atoms with Crippen molar-refractivity contribution in [2.75, 3.05) is 45.9 Å². The molecule has 44 heavy (non-hydrogen) atoms. The molecule has 4 aromatic carbocycles. The Morgan fingerprint density at radius 2 is 1.57 bits per heavy atom. The van der Waals surface area contributed by atoms with Gasteiger partial charge in [-0.3, -0.25) is 4.90 Å². The van der Waals surface area contributed by atoms with Crippen LogP contribution in [0, 0.1) is 0 Å². The molecule has 232 valence electrons. The van der Waals surface area contributed by atoms with Gasteiger partial charge in [0.1, 0.15) is 0 Å². The van der Waals surface area contributed by atoms with Crippen molar-refractivity contribution < 1.29 is 17.9 Å². The first-order valence-corrected chi connectivity index (χ1v) is 16.8. The average Bonchev–Trinajstić information content (AvgIpc) is 3.05. The van der Waals surface area contributed by atoms with Gasteiger partial charge in [-0.05, 0) is 59.4 Å². The number of morpholine rings is 1. The molecule has 1 heterocycles. The van der Waals surface area contributed by atoms with Gasteiger partial charge in [-0.2, -0.15) is 0 Å². The Labute approximate surface area is 261 Å². The highest BCUT2D eigenvalue weighted by molar-refractivity contribution is 7.89. The van der Waals surface area contributed by atoms with E-state index in [0.717, 1.165) is 66.7 Å². The molecule has 2 N–H and O–H groups in total. The molecule has 4 aromatic rings. The van der Waals surface area contributed by atoms with Crippen LogP contribution in [0.2, 0.25) is 0 Å². The van der Waals surface area contributed by atoms with Gasteiger partial charge in [0.2, 0.25) is 10.0 Å². The second kappa shape index (κ2) is 15.3.